The molecule has 0 aliphatic carbocycles. The molecule has 1 unspecified atom stereocenters. The van der Waals surface area contributed by atoms with Crippen molar-refractivity contribution < 1.29 is 4.52 Å². The van der Waals surface area contributed by atoms with Crippen molar-refractivity contribution in [3.8, 4) is 0 Å². The highest BCUT2D eigenvalue weighted by Crippen LogP contribution is 2.38. The van der Waals surface area contributed by atoms with E-state index in [0.29, 0.717) is 11.7 Å². The Labute approximate surface area is 125 Å². The smallest absolute Gasteiger partial charge is 0.225 e. The summed E-state index contributed by atoms with van der Waals surface area (Å²) < 4.78 is 5.62. The molecule has 106 valence electrons. The van der Waals surface area contributed by atoms with E-state index in [4.69, 9.17) is 28.5 Å². The summed E-state index contributed by atoms with van der Waals surface area (Å²) in [7, 11) is 0. The van der Waals surface area contributed by atoms with Gasteiger partial charge in [-0.25, -0.2) is 5.09 Å². The average molecular weight is 317 g/mol. The number of hydrogen-bond donors (Lipinski definition) is 3. The lowest BCUT2D eigenvalue weighted by Gasteiger charge is -2.27. The molecular formula is C12H20N3OPS2. The van der Waals surface area contributed by atoms with E-state index in [9.17, 15) is 0 Å². The lowest BCUT2D eigenvalue weighted by Crippen LogP contribution is -2.34. The van der Waals surface area contributed by atoms with Crippen molar-refractivity contribution in [1.29, 1.82) is 0 Å². The van der Waals surface area contributed by atoms with Crippen LogP contribution in [0.5, 0.6) is 0 Å². The summed E-state index contributed by atoms with van der Waals surface area (Å²) in [4.78, 5) is 0. The molecule has 4 nitrogen and oxygen atoms in total. The summed E-state index contributed by atoms with van der Waals surface area (Å²) in [6.07, 6.45) is 0. The molecule has 0 amide bonds. The fourth-order valence-corrected chi connectivity index (χ4v) is 4.91. The van der Waals surface area contributed by atoms with Crippen LogP contribution in [-0.4, -0.2) is 17.8 Å². The van der Waals surface area contributed by atoms with Crippen LogP contribution in [0.1, 0.15) is 20.8 Å². The van der Waals surface area contributed by atoms with Gasteiger partial charge in [-0.15, -0.1) is 0 Å². The van der Waals surface area contributed by atoms with Gasteiger partial charge in [0.25, 0.3) is 0 Å². The number of anilines is 1. The van der Waals surface area contributed by atoms with Gasteiger partial charge in [0.1, 0.15) is 0 Å². The molecule has 0 aliphatic rings. The van der Waals surface area contributed by atoms with Crippen LogP contribution in [-0.2, 0) is 16.3 Å². The van der Waals surface area contributed by atoms with Gasteiger partial charge in [-0.1, -0.05) is 18.2 Å². The van der Waals surface area contributed by atoms with Gasteiger partial charge >= 0.3 is 0 Å². The Hall–Kier alpha value is -0.520. The Kier molecular flexibility index (Phi) is 6.89. The van der Waals surface area contributed by atoms with Crippen LogP contribution in [0.25, 0.3) is 0 Å². The molecule has 1 aromatic rings. The maximum atomic E-state index is 5.62. The summed E-state index contributed by atoms with van der Waals surface area (Å²) in [6.45, 7) is 4.16. The van der Waals surface area contributed by atoms with Crippen molar-refractivity contribution in [2.75, 3.05) is 11.9 Å². The van der Waals surface area contributed by atoms with Gasteiger partial charge in [0.15, 0.2) is 5.11 Å². The molecule has 0 saturated carbocycles. The zero-order chi connectivity index (χ0) is 14.3. The molecule has 0 saturated heterocycles. The third-order valence-corrected chi connectivity index (χ3v) is 5.28. The van der Waals surface area contributed by atoms with E-state index in [1.165, 1.54) is 0 Å². The zero-order valence-corrected chi connectivity index (χ0v) is 13.9. The monoisotopic (exact) mass is 317 g/mol. The third-order valence-electron chi connectivity index (χ3n) is 2.02. The first-order valence-corrected chi connectivity index (χ1v) is 9.24. The molecule has 0 bridgehead atoms. The highest BCUT2D eigenvalue weighted by Gasteiger charge is 2.19. The van der Waals surface area contributed by atoms with Crippen molar-refractivity contribution in [2.45, 2.75) is 26.8 Å². The van der Waals surface area contributed by atoms with Crippen molar-refractivity contribution in [1.82, 2.24) is 10.2 Å². The number of nitrogens with one attached hydrogen (secondary N) is 3. The van der Waals surface area contributed by atoms with Crippen molar-refractivity contribution in [2.24, 2.45) is 0 Å². The Morgan fingerprint density at radius 3 is 2.47 bits per heavy atom. The topological polar surface area (TPSA) is 45.3 Å². The number of para-hydroxylation sites is 1. The van der Waals surface area contributed by atoms with Gasteiger partial charge in [0.05, 0.1) is 6.61 Å². The highest BCUT2D eigenvalue weighted by atomic mass is 32.4. The minimum absolute atomic E-state index is 0.226. The zero-order valence-electron chi connectivity index (χ0n) is 11.3. The van der Waals surface area contributed by atoms with Crippen LogP contribution >= 0.6 is 18.8 Å². The fourth-order valence-electron chi connectivity index (χ4n) is 1.44. The summed E-state index contributed by atoms with van der Waals surface area (Å²) in [5.74, 6) is 0. The quantitative estimate of drug-likeness (QED) is 0.553. The second kappa shape index (κ2) is 7.92. The van der Waals surface area contributed by atoms with Crippen LogP contribution in [0.15, 0.2) is 30.3 Å². The van der Waals surface area contributed by atoms with Crippen LogP contribution < -0.4 is 15.5 Å². The van der Waals surface area contributed by atoms with Gasteiger partial charge in [-0.3, -0.25) is 0 Å². The van der Waals surface area contributed by atoms with Crippen LogP contribution in [0.4, 0.5) is 5.69 Å². The van der Waals surface area contributed by atoms with E-state index in [2.05, 4.69) is 15.5 Å². The van der Waals surface area contributed by atoms with Crippen molar-refractivity contribution in [3.05, 3.63) is 30.3 Å². The molecule has 0 heterocycles. The Morgan fingerprint density at radius 2 is 1.95 bits per heavy atom. The standard InChI is InChI=1S/C12H20N3OPS2/c1-4-16-17(19,14-10(2)3)15-12(18)13-11-8-6-5-7-9-11/h5-10H,4H2,1-3H3,(H3,13,14,15,18,19). The van der Waals surface area contributed by atoms with E-state index in [0.717, 1.165) is 5.69 Å². The number of thiocarbonyl (C=S) groups is 1. The molecule has 1 atom stereocenters. The normalized spacial score (nSPS) is 13.9. The Morgan fingerprint density at radius 1 is 1.32 bits per heavy atom. The molecule has 1 aromatic carbocycles. The fraction of sp³-hybridized carbons (Fsp3) is 0.417. The van der Waals surface area contributed by atoms with Gasteiger partial charge in [-0.05, 0) is 56.9 Å². The SMILES string of the molecule is CCOP(=S)(NC(=S)Nc1ccccc1)NC(C)C. The van der Waals surface area contributed by atoms with E-state index < -0.39 is 6.57 Å². The van der Waals surface area contributed by atoms with Crippen LogP contribution in [0.2, 0.25) is 0 Å². The molecule has 0 spiro atoms. The van der Waals surface area contributed by atoms with E-state index in [1.807, 2.05) is 51.1 Å². The minimum atomic E-state index is -2.34. The molecule has 0 aromatic heterocycles. The molecule has 7 heteroatoms. The number of rotatable bonds is 6. The van der Waals surface area contributed by atoms with Crippen LogP contribution in [0, 0.1) is 0 Å². The van der Waals surface area contributed by atoms with Crippen molar-refractivity contribution in [3.63, 3.8) is 0 Å². The lowest BCUT2D eigenvalue weighted by atomic mass is 10.3. The number of hydrogen-bond acceptors (Lipinski definition) is 3. The Balaban J connectivity index is 2.64. The van der Waals surface area contributed by atoms with Gasteiger partial charge in [0, 0.05) is 11.7 Å². The minimum Gasteiger partial charge on any atom is -0.332 e. The molecule has 3 N–H and O–H groups in total. The summed E-state index contributed by atoms with van der Waals surface area (Å²) in [5.41, 5.74) is 0.919. The summed E-state index contributed by atoms with van der Waals surface area (Å²) in [6, 6.07) is 9.94. The van der Waals surface area contributed by atoms with E-state index >= 15 is 0 Å². The van der Waals surface area contributed by atoms with Gasteiger partial charge in [0.2, 0.25) is 6.57 Å². The largest absolute Gasteiger partial charge is 0.332 e. The van der Waals surface area contributed by atoms with E-state index in [1.54, 1.807) is 0 Å². The number of benzene rings is 1. The van der Waals surface area contributed by atoms with Gasteiger partial charge < -0.3 is 14.9 Å². The first-order chi connectivity index (χ1) is 8.95. The third kappa shape index (κ3) is 6.45. The summed E-state index contributed by atoms with van der Waals surface area (Å²) >= 11 is 10.8. The first kappa shape index (κ1) is 16.5. The lowest BCUT2D eigenvalue weighted by molar-refractivity contribution is 0.364. The first-order valence-electron chi connectivity index (χ1n) is 6.12. The van der Waals surface area contributed by atoms with Crippen LogP contribution in [0.3, 0.4) is 0 Å². The van der Waals surface area contributed by atoms with Crippen molar-refractivity contribution >= 4 is 41.4 Å². The average Bonchev–Trinajstić information content (AvgIpc) is 2.28. The predicted octanol–water partition coefficient (Wildman–Crippen LogP) is 3.23. The predicted molar refractivity (Wildman–Crippen MR) is 90.0 cm³/mol. The van der Waals surface area contributed by atoms with E-state index in [-0.39, 0.29) is 6.04 Å². The molecule has 0 aliphatic heterocycles. The Bertz CT molecular complexity index is 454. The molecule has 1 rings (SSSR count). The molecular weight excluding hydrogens is 297 g/mol. The van der Waals surface area contributed by atoms with Gasteiger partial charge in [-0.2, -0.15) is 0 Å². The second-order valence-corrected chi connectivity index (χ2v) is 7.98. The highest BCUT2D eigenvalue weighted by molar-refractivity contribution is 8.10. The molecule has 0 fully saturated rings. The maximum Gasteiger partial charge on any atom is 0.225 e. The molecule has 19 heavy (non-hydrogen) atoms. The second-order valence-electron chi connectivity index (χ2n) is 4.19. The summed E-state index contributed by atoms with van der Waals surface area (Å²) in [5, 5.41) is 9.89. The maximum absolute atomic E-state index is 5.62. The molecule has 0 radical (unpaired) electrons.